The van der Waals surface area contributed by atoms with Crippen molar-refractivity contribution in [3.05, 3.63) is 35.6 Å². The first-order valence-electron chi connectivity index (χ1n) is 3.26. The lowest BCUT2D eigenvalue weighted by Gasteiger charge is -2.02. The Morgan fingerprint density at radius 1 is 1.25 bits per heavy atom. The van der Waals surface area contributed by atoms with Crippen LogP contribution in [0.2, 0.25) is 0 Å². The number of hydrogen-bond donors (Lipinski definition) is 2. The lowest BCUT2D eigenvalue weighted by Crippen LogP contribution is -1.86. The Balaban J connectivity index is 2.78. The Hall–Kier alpha value is -0.700. The molecule has 0 radical (unpaired) electrons. The highest BCUT2D eigenvalue weighted by molar-refractivity contribution is 7.50. The van der Waals surface area contributed by atoms with E-state index in [-0.39, 0.29) is 6.16 Å². The monoisotopic (exact) mass is 190 g/mol. The van der Waals surface area contributed by atoms with Crippen LogP contribution in [-0.2, 0) is 10.7 Å². The van der Waals surface area contributed by atoms with Crippen LogP contribution in [0.5, 0.6) is 0 Å². The van der Waals surface area contributed by atoms with E-state index < -0.39 is 13.4 Å². The average Bonchev–Trinajstić information content (AvgIpc) is 1.91. The Morgan fingerprint density at radius 3 is 2.17 bits per heavy atom. The number of hydrogen-bond acceptors (Lipinski definition) is 1. The minimum absolute atomic E-state index is 0.340. The minimum atomic E-state index is -4.03. The third kappa shape index (κ3) is 3.13. The highest BCUT2D eigenvalue weighted by Gasteiger charge is 2.13. The zero-order valence-corrected chi connectivity index (χ0v) is 7.04. The minimum Gasteiger partial charge on any atom is -0.324 e. The van der Waals surface area contributed by atoms with Gasteiger partial charge in [0.2, 0.25) is 0 Å². The molecule has 0 amide bonds. The number of rotatable bonds is 2. The molecule has 0 spiro atoms. The maximum Gasteiger partial charge on any atom is 0.329 e. The summed E-state index contributed by atoms with van der Waals surface area (Å²) in [4.78, 5) is 17.1. The molecule has 3 nitrogen and oxygen atoms in total. The molecule has 0 saturated heterocycles. The molecule has 0 heterocycles. The average molecular weight is 190 g/mol. The predicted molar refractivity (Wildman–Crippen MR) is 42.1 cm³/mol. The van der Waals surface area contributed by atoms with E-state index in [9.17, 15) is 8.96 Å². The fraction of sp³-hybridized carbons (Fsp3) is 0.143. The molecule has 2 N–H and O–H groups in total. The quantitative estimate of drug-likeness (QED) is 0.695. The van der Waals surface area contributed by atoms with Crippen molar-refractivity contribution in [1.29, 1.82) is 0 Å². The van der Waals surface area contributed by atoms with E-state index in [4.69, 9.17) is 9.79 Å². The van der Waals surface area contributed by atoms with Gasteiger partial charge in [-0.1, -0.05) is 12.1 Å². The molecule has 0 saturated carbocycles. The zero-order valence-electron chi connectivity index (χ0n) is 6.14. The van der Waals surface area contributed by atoms with Crippen molar-refractivity contribution >= 4 is 7.60 Å². The van der Waals surface area contributed by atoms with Crippen molar-refractivity contribution in [3.63, 3.8) is 0 Å². The molecule has 0 aliphatic rings. The van der Waals surface area contributed by atoms with Crippen LogP contribution in [0.3, 0.4) is 0 Å². The molecule has 1 aromatic rings. The molecular formula is C7H8FO3P. The van der Waals surface area contributed by atoms with Crippen molar-refractivity contribution in [2.75, 3.05) is 0 Å². The lowest BCUT2D eigenvalue weighted by molar-refractivity contribution is 0.371. The fourth-order valence-electron chi connectivity index (χ4n) is 0.828. The number of benzene rings is 1. The molecule has 0 bridgehead atoms. The molecule has 0 aliphatic heterocycles. The van der Waals surface area contributed by atoms with E-state index in [1.807, 2.05) is 0 Å². The summed E-state index contributed by atoms with van der Waals surface area (Å²) < 4.78 is 22.8. The van der Waals surface area contributed by atoms with Crippen molar-refractivity contribution in [3.8, 4) is 0 Å². The van der Waals surface area contributed by atoms with E-state index in [2.05, 4.69) is 0 Å². The van der Waals surface area contributed by atoms with E-state index >= 15 is 0 Å². The van der Waals surface area contributed by atoms with Gasteiger partial charge in [-0.3, -0.25) is 4.57 Å². The summed E-state index contributed by atoms with van der Waals surface area (Å²) in [5.74, 6) is -0.413. The van der Waals surface area contributed by atoms with Crippen LogP contribution in [-0.4, -0.2) is 9.79 Å². The number of halogens is 1. The first kappa shape index (κ1) is 9.39. The molecule has 12 heavy (non-hydrogen) atoms. The Bertz CT molecular complexity index is 303. The second kappa shape index (κ2) is 3.35. The van der Waals surface area contributed by atoms with Gasteiger partial charge in [0.25, 0.3) is 0 Å². The summed E-state index contributed by atoms with van der Waals surface area (Å²) in [5, 5.41) is 0. The lowest BCUT2D eigenvalue weighted by atomic mass is 10.2. The molecule has 0 aliphatic carbocycles. The maximum atomic E-state index is 12.3. The molecule has 66 valence electrons. The first-order chi connectivity index (χ1) is 5.47. The van der Waals surface area contributed by atoms with Gasteiger partial charge in [0.05, 0.1) is 6.16 Å². The van der Waals surface area contributed by atoms with Gasteiger partial charge in [-0.25, -0.2) is 4.39 Å². The van der Waals surface area contributed by atoms with Gasteiger partial charge in [-0.2, -0.15) is 0 Å². The van der Waals surface area contributed by atoms with Crippen LogP contribution in [0.4, 0.5) is 4.39 Å². The van der Waals surface area contributed by atoms with Crippen LogP contribution in [0.1, 0.15) is 5.56 Å². The van der Waals surface area contributed by atoms with Gasteiger partial charge in [0.15, 0.2) is 0 Å². The summed E-state index contributed by atoms with van der Waals surface area (Å²) in [6, 6.07) is 5.05. The van der Waals surface area contributed by atoms with Gasteiger partial charge >= 0.3 is 7.60 Å². The van der Waals surface area contributed by atoms with Gasteiger partial charge < -0.3 is 9.79 Å². The fourth-order valence-corrected chi connectivity index (χ4v) is 1.51. The summed E-state index contributed by atoms with van der Waals surface area (Å²) >= 11 is 0. The standard InChI is InChI=1S/C7H8FO3P/c8-7-3-1-6(2-4-7)5-12(9,10)11/h1-4H,5H2,(H2,9,10,11). The SMILES string of the molecule is O=P(O)(O)Cc1ccc(F)cc1. The summed E-state index contributed by atoms with van der Waals surface area (Å²) in [6.07, 6.45) is -0.340. The van der Waals surface area contributed by atoms with Crippen LogP contribution in [0, 0.1) is 5.82 Å². The Labute approximate surface area is 69.0 Å². The molecule has 1 rings (SSSR count). The maximum absolute atomic E-state index is 12.3. The predicted octanol–water partition coefficient (Wildman–Crippen LogP) is 1.50. The largest absolute Gasteiger partial charge is 0.329 e. The second-order valence-electron chi connectivity index (χ2n) is 2.45. The molecule has 0 unspecified atom stereocenters. The highest BCUT2D eigenvalue weighted by Crippen LogP contribution is 2.38. The van der Waals surface area contributed by atoms with Gasteiger partial charge in [-0.15, -0.1) is 0 Å². The third-order valence-electron chi connectivity index (χ3n) is 1.30. The topological polar surface area (TPSA) is 57.5 Å². The van der Waals surface area contributed by atoms with Crippen LogP contribution in [0.25, 0.3) is 0 Å². The molecule has 0 fully saturated rings. The van der Waals surface area contributed by atoms with Crippen LogP contribution < -0.4 is 0 Å². The third-order valence-corrected chi connectivity index (χ3v) is 2.08. The molecule has 0 aromatic heterocycles. The summed E-state index contributed by atoms with van der Waals surface area (Å²) in [5.41, 5.74) is 0.435. The Morgan fingerprint density at radius 2 is 1.75 bits per heavy atom. The van der Waals surface area contributed by atoms with Crippen molar-refractivity contribution in [2.24, 2.45) is 0 Å². The normalized spacial score (nSPS) is 11.6. The van der Waals surface area contributed by atoms with Gasteiger partial charge in [0.1, 0.15) is 5.82 Å². The zero-order chi connectivity index (χ0) is 9.19. The van der Waals surface area contributed by atoms with Gasteiger partial charge in [-0.05, 0) is 17.7 Å². The van der Waals surface area contributed by atoms with E-state index in [1.54, 1.807) is 0 Å². The molecule has 1 aromatic carbocycles. The van der Waals surface area contributed by atoms with Gasteiger partial charge in [0, 0.05) is 0 Å². The van der Waals surface area contributed by atoms with Crippen molar-refractivity contribution in [1.82, 2.24) is 0 Å². The smallest absolute Gasteiger partial charge is 0.324 e. The Kier molecular flexibility index (Phi) is 2.62. The first-order valence-corrected chi connectivity index (χ1v) is 5.06. The van der Waals surface area contributed by atoms with E-state index in [1.165, 1.54) is 24.3 Å². The highest BCUT2D eigenvalue weighted by atomic mass is 31.2. The molecular weight excluding hydrogens is 182 g/mol. The van der Waals surface area contributed by atoms with E-state index in [0.29, 0.717) is 5.56 Å². The van der Waals surface area contributed by atoms with E-state index in [0.717, 1.165) is 0 Å². The summed E-state index contributed by atoms with van der Waals surface area (Å²) in [6.45, 7) is 0. The second-order valence-corrected chi connectivity index (χ2v) is 4.09. The van der Waals surface area contributed by atoms with Crippen molar-refractivity contribution in [2.45, 2.75) is 6.16 Å². The molecule has 5 heteroatoms. The van der Waals surface area contributed by atoms with Crippen LogP contribution >= 0.6 is 7.60 Å². The molecule has 0 atom stereocenters. The summed E-state index contributed by atoms with van der Waals surface area (Å²) in [7, 11) is -4.03. The van der Waals surface area contributed by atoms with Crippen molar-refractivity contribution < 1.29 is 18.7 Å². The van der Waals surface area contributed by atoms with Crippen LogP contribution in [0.15, 0.2) is 24.3 Å².